The number of rotatable bonds is 4. The average molecular weight is 297 g/mol. The minimum absolute atomic E-state index is 0.0997. The van der Waals surface area contributed by atoms with Crippen LogP contribution in [0.3, 0.4) is 0 Å². The second-order valence-corrected chi connectivity index (χ2v) is 5.24. The van der Waals surface area contributed by atoms with Gasteiger partial charge < -0.3 is 10.6 Å². The number of anilines is 2. The van der Waals surface area contributed by atoms with E-state index in [4.69, 9.17) is 0 Å². The monoisotopic (exact) mass is 297 g/mol. The smallest absolute Gasteiger partial charge is 0.228 e. The zero-order valence-corrected chi connectivity index (χ0v) is 12.9. The van der Waals surface area contributed by atoms with Crippen molar-refractivity contribution in [3.63, 3.8) is 0 Å². The minimum Gasteiger partial charge on any atom is -0.326 e. The van der Waals surface area contributed by atoms with E-state index in [1.807, 2.05) is 26.0 Å². The molecule has 1 heterocycles. The Morgan fingerprint density at radius 2 is 1.86 bits per heavy atom. The van der Waals surface area contributed by atoms with E-state index >= 15 is 0 Å². The summed E-state index contributed by atoms with van der Waals surface area (Å²) in [6, 6.07) is 7.27. The SMILES string of the molecule is CC(=O)Nc1ccc(C)c(NC(=O)Cc2ccncc2C)c1. The van der Waals surface area contributed by atoms with Gasteiger partial charge in [0.05, 0.1) is 6.42 Å². The summed E-state index contributed by atoms with van der Waals surface area (Å²) in [5.74, 6) is -0.245. The number of pyridine rings is 1. The Hall–Kier alpha value is -2.69. The summed E-state index contributed by atoms with van der Waals surface area (Å²) in [4.78, 5) is 27.3. The highest BCUT2D eigenvalue weighted by Crippen LogP contribution is 2.20. The lowest BCUT2D eigenvalue weighted by Gasteiger charge is -2.11. The second-order valence-electron chi connectivity index (χ2n) is 5.24. The van der Waals surface area contributed by atoms with Crippen molar-refractivity contribution in [1.82, 2.24) is 4.98 Å². The number of carbonyl (C=O) groups excluding carboxylic acids is 2. The number of nitrogens with one attached hydrogen (secondary N) is 2. The molecule has 0 fully saturated rings. The molecule has 2 N–H and O–H groups in total. The van der Waals surface area contributed by atoms with Crippen molar-refractivity contribution in [3.8, 4) is 0 Å². The Morgan fingerprint density at radius 3 is 2.55 bits per heavy atom. The van der Waals surface area contributed by atoms with Crippen LogP contribution < -0.4 is 10.6 Å². The molecule has 5 heteroatoms. The van der Waals surface area contributed by atoms with Gasteiger partial charge in [-0.3, -0.25) is 14.6 Å². The van der Waals surface area contributed by atoms with E-state index in [0.717, 1.165) is 16.7 Å². The Balaban J connectivity index is 2.11. The maximum atomic E-state index is 12.2. The van der Waals surface area contributed by atoms with Gasteiger partial charge in [0.2, 0.25) is 11.8 Å². The lowest BCUT2D eigenvalue weighted by atomic mass is 10.1. The van der Waals surface area contributed by atoms with Gasteiger partial charge in [0.25, 0.3) is 0 Å². The summed E-state index contributed by atoms with van der Waals surface area (Å²) in [5, 5.41) is 5.59. The van der Waals surface area contributed by atoms with Crippen LogP contribution in [0.25, 0.3) is 0 Å². The van der Waals surface area contributed by atoms with Gasteiger partial charge in [0.15, 0.2) is 0 Å². The van der Waals surface area contributed by atoms with Crippen LogP contribution in [0, 0.1) is 13.8 Å². The summed E-state index contributed by atoms with van der Waals surface area (Å²) < 4.78 is 0. The molecule has 0 saturated carbocycles. The Kier molecular flexibility index (Phi) is 4.88. The van der Waals surface area contributed by atoms with E-state index in [1.165, 1.54) is 6.92 Å². The quantitative estimate of drug-likeness (QED) is 0.911. The largest absolute Gasteiger partial charge is 0.326 e. The molecule has 0 aliphatic carbocycles. The van der Waals surface area contributed by atoms with E-state index in [1.54, 1.807) is 24.5 Å². The first-order valence-electron chi connectivity index (χ1n) is 7.03. The van der Waals surface area contributed by atoms with Crippen LogP contribution in [0.1, 0.15) is 23.6 Å². The van der Waals surface area contributed by atoms with Crippen molar-refractivity contribution in [1.29, 1.82) is 0 Å². The maximum absolute atomic E-state index is 12.2. The molecule has 0 unspecified atom stereocenters. The van der Waals surface area contributed by atoms with Crippen LogP contribution >= 0.6 is 0 Å². The second kappa shape index (κ2) is 6.85. The molecular formula is C17H19N3O2. The van der Waals surface area contributed by atoms with Gasteiger partial charge in [-0.2, -0.15) is 0 Å². The van der Waals surface area contributed by atoms with Crippen molar-refractivity contribution >= 4 is 23.2 Å². The summed E-state index contributed by atoms with van der Waals surface area (Å²) in [5.41, 5.74) is 4.23. The van der Waals surface area contributed by atoms with Crippen LogP contribution in [-0.2, 0) is 16.0 Å². The molecule has 2 amide bonds. The third-order valence-corrected chi connectivity index (χ3v) is 3.32. The van der Waals surface area contributed by atoms with Crippen LogP contribution in [0.4, 0.5) is 11.4 Å². The fourth-order valence-electron chi connectivity index (χ4n) is 2.11. The van der Waals surface area contributed by atoms with Gasteiger partial charge in [-0.15, -0.1) is 0 Å². The number of carbonyl (C=O) groups is 2. The fraction of sp³-hybridized carbons (Fsp3) is 0.235. The summed E-state index contributed by atoms with van der Waals surface area (Å²) in [6.45, 7) is 5.29. The molecular weight excluding hydrogens is 278 g/mol. The van der Waals surface area contributed by atoms with Crippen molar-refractivity contribution in [2.45, 2.75) is 27.2 Å². The van der Waals surface area contributed by atoms with Gasteiger partial charge in [-0.1, -0.05) is 6.07 Å². The molecule has 0 bridgehead atoms. The first-order chi connectivity index (χ1) is 10.5. The number of hydrogen-bond acceptors (Lipinski definition) is 3. The van der Waals surface area contributed by atoms with Crippen LogP contribution in [-0.4, -0.2) is 16.8 Å². The van der Waals surface area contributed by atoms with Gasteiger partial charge in [0, 0.05) is 30.7 Å². The molecule has 114 valence electrons. The van der Waals surface area contributed by atoms with Gasteiger partial charge in [-0.25, -0.2) is 0 Å². The molecule has 5 nitrogen and oxygen atoms in total. The highest BCUT2D eigenvalue weighted by atomic mass is 16.2. The number of aromatic nitrogens is 1. The first kappa shape index (κ1) is 15.7. The van der Waals surface area contributed by atoms with Crippen LogP contribution in [0.5, 0.6) is 0 Å². The Morgan fingerprint density at radius 1 is 1.09 bits per heavy atom. The average Bonchev–Trinajstić information content (AvgIpc) is 2.44. The number of nitrogens with zero attached hydrogens (tertiary/aromatic N) is 1. The molecule has 0 spiro atoms. The van der Waals surface area contributed by atoms with Crippen molar-refractivity contribution in [2.75, 3.05) is 10.6 Å². The summed E-state index contributed by atoms with van der Waals surface area (Å²) in [7, 11) is 0. The van der Waals surface area contributed by atoms with E-state index < -0.39 is 0 Å². The molecule has 0 saturated heterocycles. The van der Waals surface area contributed by atoms with E-state index in [2.05, 4.69) is 15.6 Å². The molecule has 2 rings (SSSR count). The Bertz CT molecular complexity index is 711. The summed E-state index contributed by atoms with van der Waals surface area (Å²) in [6.07, 6.45) is 3.71. The molecule has 0 atom stereocenters. The van der Waals surface area contributed by atoms with Crippen molar-refractivity contribution in [2.24, 2.45) is 0 Å². The lowest BCUT2D eigenvalue weighted by Crippen LogP contribution is -2.16. The number of amides is 2. The molecule has 22 heavy (non-hydrogen) atoms. The van der Waals surface area contributed by atoms with E-state index in [0.29, 0.717) is 11.4 Å². The predicted molar refractivity (Wildman–Crippen MR) is 86.8 cm³/mol. The van der Waals surface area contributed by atoms with Crippen molar-refractivity contribution < 1.29 is 9.59 Å². The lowest BCUT2D eigenvalue weighted by molar-refractivity contribution is -0.116. The first-order valence-corrected chi connectivity index (χ1v) is 7.03. The topological polar surface area (TPSA) is 71.1 Å². The molecule has 1 aromatic carbocycles. The molecule has 0 radical (unpaired) electrons. The maximum Gasteiger partial charge on any atom is 0.228 e. The summed E-state index contributed by atoms with van der Waals surface area (Å²) >= 11 is 0. The van der Waals surface area contributed by atoms with Crippen LogP contribution in [0.15, 0.2) is 36.7 Å². The van der Waals surface area contributed by atoms with Gasteiger partial charge in [0.1, 0.15) is 0 Å². The molecule has 0 aliphatic heterocycles. The standard InChI is InChI=1S/C17H19N3O2/c1-11-4-5-15(19-13(3)21)9-16(11)20-17(22)8-14-6-7-18-10-12(14)2/h4-7,9-10H,8H2,1-3H3,(H,19,21)(H,20,22). The zero-order chi connectivity index (χ0) is 16.1. The number of benzene rings is 1. The zero-order valence-electron chi connectivity index (χ0n) is 12.9. The highest BCUT2D eigenvalue weighted by molar-refractivity contribution is 5.95. The molecule has 0 aliphatic rings. The van der Waals surface area contributed by atoms with Gasteiger partial charge >= 0.3 is 0 Å². The van der Waals surface area contributed by atoms with E-state index in [-0.39, 0.29) is 18.2 Å². The normalized spacial score (nSPS) is 10.1. The predicted octanol–water partition coefficient (Wildman–Crippen LogP) is 2.84. The van der Waals surface area contributed by atoms with Gasteiger partial charge in [-0.05, 0) is 48.7 Å². The third kappa shape index (κ3) is 4.15. The minimum atomic E-state index is -0.145. The third-order valence-electron chi connectivity index (χ3n) is 3.32. The molecule has 2 aromatic rings. The fourth-order valence-corrected chi connectivity index (χ4v) is 2.11. The highest BCUT2D eigenvalue weighted by Gasteiger charge is 2.09. The van der Waals surface area contributed by atoms with Crippen molar-refractivity contribution in [3.05, 3.63) is 53.3 Å². The number of hydrogen-bond donors (Lipinski definition) is 2. The number of aryl methyl sites for hydroxylation is 2. The Labute approximate surface area is 129 Å². The molecule has 1 aromatic heterocycles. The van der Waals surface area contributed by atoms with E-state index in [9.17, 15) is 9.59 Å². The van der Waals surface area contributed by atoms with Crippen LogP contribution in [0.2, 0.25) is 0 Å².